The van der Waals surface area contributed by atoms with Crippen LogP contribution in [0.4, 0.5) is 37.7 Å². The number of nitrogens with zero attached hydrogens (tertiary/aromatic N) is 1. The summed E-state index contributed by atoms with van der Waals surface area (Å²) in [5.74, 6) is -2.11. The van der Waals surface area contributed by atoms with E-state index in [1.807, 2.05) is 0 Å². The van der Waals surface area contributed by atoms with Crippen LogP contribution in [0.15, 0.2) is 36.5 Å². The molecule has 0 radical (unpaired) electrons. The molecule has 0 saturated heterocycles. The molecule has 0 spiro atoms. The first-order valence-electron chi connectivity index (χ1n) is 6.90. The summed E-state index contributed by atoms with van der Waals surface area (Å²) in [5.41, 5.74) is -0.975. The number of carbonyl (C=O) groups is 1. The molecule has 1 heterocycles. The molecule has 0 saturated carbocycles. The first kappa shape index (κ1) is 19.8. The molecule has 1 aromatic carbocycles. The van der Waals surface area contributed by atoms with Crippen molar-refractivity contribution in [2.24, 2.45) is 0 Å². The minimum absolute atomic E-state index is 0.0863. The second-order valence-corrected chi connectivity index (χ2v) is 5.47. The summed E-state index contributed by atoms with van der Waals surface area (Å²) in [6.07, 6.45) is -8.52. The molecule has 140 valence electrons. The predicted octanol–water partition coefficient (Wildman–Crippen LogP) is 4.68. The summed E-state index contributed by atoms with van der Waals surface area (Å²) in [6.45, 7) is -0.479. The highest BCUT2D eigenvalue weighted by Crippen LogP contribution is 2.37. The van der Waals surface area contributed by atoms with E-state index in [4.69, 9.17) is 11.6 Å². The molecular formula is C15H10ClF6N3O. The lowest BCUT2D eigenvalue weighted by atomic mass is 10.1. The van der Waals surface area contributed by atoms with Gasteiger partial charge in [-0.15, -0.1) is 0 Å². The van der Waals surface area contributed by atoms with Crippen molar-refractivity contribution in [3.05, 3.63) is 52.8 Å². The average Bonchev–Trinajstić information content (AvgIpc) is 2.53. The molecule has 1 amide bonds. The zero-order valence-corrected chi connectivity index (χ0v) is 13.4. The Hall–Kier alpha value is -2.49. The molecule has 2 aromatic rings. The van der Waals surface area contributed by atoms with E-state index in [0.29, 0.717) is 0 Å². The number of pyridine rings is 1. The normalized spacial score (nSPS) is 12.0. The standard InChI is InChI=1S/C15H10ClF6N3O/c16-8-1-4-12(11(5-8)14(17,18)19)25-10-3-2-9(23-7-10)6-24-13(26)15(20,21)22/h1-5,7,25H,6H2,(H,24,26). The van der Waals surface area contributed by atoms with Crippen LogP contribution in [0.3, 0.4) is 0 Å². The SMILES string of the molecule is O=C(NCc1ccc(Nc2ccc(Cl)cc2C(F)(F)F)cn1)C(F)(F)F. The Bertz CT molecular complexity index is 789. The number of alkyl halides is 6. The molecule has 0 bridgehead atoms. The summed E-state index contributed by atoms with van der Waals surface area (Å²) in [7, 11) is 0. The number of hydrogen-bond donors (Lipinski definition) is 2. The number of anilines is 2. The minimum atomic E-state index is -5.01. The van der Waals surface area contributed by atoms with Crippen LogP contribution in [0, 0.1) is 0 Å². The van der Waals surface area contributed by atoms with E-state index < -0.39 is 30.4 Å². The first-order valence-corrected chi connectivity index (χ1v) is 7.28. The van der Waals surface area contributed by atoms with E-state index in [9.17, 15) is 31.1 Å². The van der Waals surface area contributed by atoms with Gasteiger partial charge in [0.2, 0.25) is 0 Å². The van der Waals surface area contributed by atoms with Crippen molar-refractivity contribution in [2.45, 2.75) is 18.9 Å². The van der Waals surface area contributed by atoms with Gasteiger partial charge in [0.05, 0.1) is 35.4 Å². The van der Waals surface area contributed by atoms with Gasteiger partial charge in [-0.2, -0.15) is 26.3 Å². The predicted molar refractivity (Wildman–Crippen MR) is 81.9 cm³/mol. The van der Waals surface area contributed by atoms with Gasteiger partial charge in [0.1, 0.15) is 0 Å². The molecule has 0 aliphatic heterocycles. The van der Waals surface area contributed by atoms with Crippen LogP contribution in [-0.2, 0) is 17.5 Å². The molecule has 0 aliphatic carbocycles. The number of rotatable bonds is 4. The molecular weight excluding hydrogens is 388 g/mol. The molecule has 2 N–H and O–H groups in total. The van der Waals surface area contributed by atoms with E-state index in [-0.39, 0.29) is 22.1 Å². The van der Waals surface area contributed by atoms with Crippen molar-refractivity contribution >= 4 is 28.9 Å². The van der Waals surface area contributed by atoms with Crippen LogP contribution >= 0.6 is 11.6 Å². The van der Waals surface area contributed by atoms with E-state index >= 15 is 0 Å². The molecule has 11 heteroatoms. The number of halogens is 7. The highest BCUT2D eigenvalue weighted by atomic mass is 35.5. The van der Waals surface area contributed by atoms with Crippen molar-refractivity contribution in [2.75, 3.05) is 5.32 Å². The average molecular weight is 398 g/mol. The van der Waals surface area contributed by atoms with Gasteiger partial charge < -0.3 is 10.6 Å². The summed E-state index contributed by atoms with van der Waals surface area (Å²) < 4.78 is 75.3. The fraction of sp³-hybridized carbons (Fsp3) is 0.200. The number of aromatic nitrogens is 1. The zero-order valence-electron chi connectivity index (χ0n) is 12.7. The molecule has 0 fully saturated rings. The number of hydrogen-bond acceptors (Lipinski definition) is 3. The van der Waals surface area contributed by atoms with Crippen molar-refractivity contribution in [3.63, 3.8) is 0 Å². The molecule has 1 aromatic heterocycles. The van der Waals surface area contributed by atoms with E-state index in [1.54, 1.807) is 5.32 Å². The van der Waals surface area contributed by atoms with Crippen molar-refractivity contribution in [3.8, 4) is 0 Å². The molecule has 2 rings (SSSR count). The number of carbonyl (C=O) groups excluding carboxylic acids is 1. The Morgan fingerprint density at radius 1 is 1.08 bits per heavy atom. The third-order valence-electron chi connectivity index (χ3n) is 3.08. The maximum Gasteiger partial charge on any atom is 0.471 e. The smallest absolute Gasteiger partial charge is 0.354 e. The minimum Gasteiger partial charge on any atom is -0.354 e. The Labute approximate surface area is 148 Å². The van der Waals surface area contributed by atoms with Gasteiger partial charge in [-0.25, -0.2) is 0 Å². The molecule has 0 atom stereocenters. The van der Waals surface area contributed by atoms with Crippen LogP contribution in [0.5, 0.6) is 0 Å². The van der Waals surface area contributed by atoms with Crippen LogP contribution < -0.4 is 10.6 Å². The lowest BCUT2D eigenvalue weighted by molar-refractivity contribution is -0.173. The second kappa shape index (κ2) is 7.40. The third kappa shape index (κ3) is 5.25. The van der Waals surface area contributed by atoms with Crippen molar-refractivity contribution in [1.82, 2.24) is 10.3 Å². The lowest BCUT2D eigenvalue weighted by Crippen LogP contribution is -2.36. The second-order valence-electron chi connectivity index (χ2n) is 5.03. The Morgan fingerprint density at radius 2 is 1.77 bits per heavy atom. The highest BCUT2D eigenvalue weighted by molar-refractivity contribution is 6.30. The molecule has 0 unspecified atom stereocenters. The van der Waals surface area contributed by atoms with Crippen LogP contribution in [0.1, 0.15) is 11.3 Å². The van der Waals surface area contributed by atoms with Gasteiger partial charge in [-0.1, -0.05) is 11.6 Å². The summed E-state index contributed by atoms with van der Waals surface area (Å²) >= 11 is 5.58. The Balaban J connectivity index is 2.10. The fourth-order valence-corrected chi connectivity index (χ4v) is 2.06. The van der Waals surface area contributed by atoms with Gasteiger partial charge in [-0.05, 0) is 30.3 Å². The van der Waals surface area contributed by atoms with Gasteiger partial charge >= 0.3 is 18.3 Å². The highest BCUT2D eigenvalue weighted by Gasteiger charge is 2.38. The third-order valence-corrected chi connectivity index (χ3v) is 3.31. The molecule has 26 heavy (non-hydrogen) atoms. The van der Waals surface area contributed by atoms with Gasteiger partial charge in [0.15, 0.2) is 0 Å². The summed E-state index contributed by atoms with van der Waals surface area (Å²) in [6, 6.07) is 5.76. The lowest BCUT2D eigenvalue weighted by Gasteiger charge is -2.15. The van der Waals surface area contributed by atoms with Crippen LogP contribution in [-0.4, -0.2) is 17.1 Å². The molecule has 4 nitrogen and oxygen atoms in total. The largest absolute Gasteiger partial charge is 0.471 e. The van der Waals surface area contributed by atoms with Gasteiger partial charge in [0, 0.05) is 5.02 Å². The van der Waals surface area contributed by atoms with Gasteiger partial charge in [0.25, 0.3) is 0 Å². The number of nitrogens with one attached hydrogen (secondary N) is 2. The maximum absolute atomic E-state index is 13.0. The topological polar surface area (TPSA) is 54.0 Å². The molecule has 0 aliphatic rings. The summed E-state index contributed by atoms with van der Waals surface area (Å²) in [5, 5.41) is 4.06. The quantitative estimate of drug-likeness (QED) is 0.737. The fourth-order valence-electron chi connectivity index (χ4n) is 1.89. The first-order chi connectivity index (χ1) is 12.0. The van der Waals surface area contributed by atoms with Crippen molar-refractivity contribution in [1.29, 1.82) is 0 Å². The van der Waals surface area contributed by atoms with Crippen LogP contribution in [0.2, 0.25) is 5.02 Å². The maximum atomic E-state index is 13.0. The monoisotopic (exact) mass is 397 g/mol. The van der Waals surface area contributed by atoms with E-state index in [0.717, 1.165) is 18.3 Å². The van der Waals surface area contributed by atoms with Crippen molar-refractivity contribution < 1.29 is 31.1 Å². The number of amides is 1. The zero-order chi connectivity index (χ0) is 19.5. The van der Waals surface area contributed by atoms with Crippen LogP contribution in [0.25, 0.3) is 0 Å². The Morgan fingerprint density at radius 3 is 2.31 bits per heavy atom. The Kier molecular flexibility index (Phi) is 5.65. The summed E-state index contributed by atoms with van der Waals surface area (Å²) in [4.78, 5) is 14.5. The van der Waals surface area contributed by atoms with Gasteiger partial charge in [-0.3, -0.25) is 9.78 Å². The van der Waals surface area contributed by atoms with E-state index in [1.165, 1.54) is 18.2 Å². The van der Waals surface area contributed by atoms with E-state index in [2.05, 4.69) is 10.3 Å². The number of benzene rings is 1.